The van der Waals surface area contributed by atoms with Crippen molar-refractivity contribution in [3.63, 3.8) is 0 Å². The third-order valence-electron chi connectivity index (χ3n) is 3.24. The van der Waals surface area contributed by atoms with Gasteiger partial charge in [0.25, 0.3) is 0 Å². The Morgan fingerprint density at radius 3 is 2.61 bits per heavy atom. The predicted octanol–water partition coefficient (Wildman–Crippen LogP) is 2.52. The second-order valence-electron chi connectivity index (χ2n) is 4.71. The summed E-state index contributed by atoms with van der Waals surface area (Å²) in [5.74, 6) is 0.359. The maximum absolute atomic E-state index is 13.0. The largest absolute Gasteiger partial charge is 0.370 e. The minimum absolute atomic E-state index is 0.226. The quantitative estimate of drug-likeness (QED) is 0.646. The van der Waals surface area contributed by atoms with Gasteiger partial charge in [-0.3, -0.25) is 0 Å². The average molecular weight is 249 g/mol. The van der Waals surface area contributed by atoms with E-state index in [1.54, 1.807) is 6.07 Å². The van der Waals surface area contributed by atoms with E-state index >= 15 is 0 Å². The number of halogens is 1. The summed E-state index contributed by atoms with van der Waals surface area (Å²) in [6.07, 6.45) is 4.90. The zero-order valence-electron chi connectivity index (χ0n) is 10.6. The molecule has 1 aromatic rings. The molecule has 18 heavy (non-hydrogen) atoms. The van der Waals surface area contributed by atoms with Crippen LogP contribution in [0.5, 0.6) is 0 Å². The van der Waals surface area contributed by atoms with E-state index in [0.29, 0.717) is 12.5 Å². The van der Waals surface area contributed by atoms with Gasteiger partial charge >= 0.3 is 0 Å². The minimum atomic E-state index is -0.226. The van der Waals surface area contributed by atoms with Crippen molar-refractivity contribution in [1.82, 2.24) is 4.90 Å². The van der Waals surface area contributed by atoms with Crippen LogP contribution in [0.15, 0.2) is 29.3 Å². The van der Waals surface area contributed by atoms with Gasteiger partial charge in [0.1, 0.15) is 5.82 Å². The second kappa shape index (κ2) is 6.38. The highest BCUT2D eigenvalue weighted by atomic mass is 19.1. The number of guanidine groups is 1. The first kappa shape index (κ1) is 12.9. The second-order valence-corrected chi connectivity index (χ2v) is 4.71. The molecule has 1 aliphatic heterocycles. The van der Waals surface area contributed by atoms with Gasteiger partial charge in [-0.2, -0.15) is 0 Å². The van der Waals surface area contributed by atoms with Crippen LogP contribution in [0.4, 0.5) is 4.39 Å². The molecule has 0 radical (unpaired) electrons. The average Bonchev–Trinajstić information content (AvgIpc) is 2.65. The Kier molecular flexibility index (Phi) is 4.56. The third kappa shape index (κ3) is 3.72. The summed E-state index contributed by atoms with van der Waals surface area (Å²) >= 11 is 0. The van der Waals surface area contributed by atoms with Crippen LogP contribution in [0.25, 0.3) is 0 Å². The van der Waals surface area contributed by atoms with E-state index in [-0.39, 0.29) is 5.82 Å². The maximum atomic E-state index is 13.0. The number of aliphatic imine (C=N–C) groups is 1. The first-order valence-electron chi connectivity index (χ1n) is 6.55. The standard InChI is InChI=1S/C14H20FN3/c15-13-7-5-6-12(10-13)11-17-14(16)18-8-3-1-2-4-9-18/h5-7,10H,1-4,8-9,11H2,(H2,16,17). The zero-order chi connectivity index (χ0) is 12.8. The summed E-state index contributed by atoms with van der Waals surface area (Å²) in [6.45, 7) is 2.41. The number of hydrogen-bond donors (Lipinski definition) is 1. The van der Waals surface area contributed by atoms with Gasteiger partial charge in [0, 0.05) is 13.1 Å². The van der Waals surface area contributed by atoms with E-state index in [1.165, 1.54) is 37.8 Å². The molecule has 1 fully saturated rings. The highest BCUT2D eigenvalue weighted by Crippen LogP contribution is 2.10. The molecule has 1 aliphatic rings. The highest BCUT2D eigenvalue weighted by molar-refractivity contribution is 5.78. The van der Waals surface area contributed by atoms with Crippen molar-refractivity contribution in [3.05, 3.63) is 35.6 Å². The summed E-state index contributed by atoms with van der Waals surface area (Å²) in [4.78, 5) is 6.49. The summed E-state index contributed by atoms with van der Waals surface area (Å²) in [7, 11) is 0. The summed E-state index contributed by atoms with van der Waals surface area (Å²) in [5.41, 5.74) is 6.84. The Hall–Kier alpha value is -1.58. The molecule has 0 unspecified atom stereocenters. The van der Waals surface area contributed by atoms with Gasteiger partial charge in [0.15, 0.2) is 5.96 Å². The Bertz CT molecular complexity index is 409. The van der Waals surface area contributed by atoms with Crippen LogP contribution < -0.4 is 5.73 Å². The van der Waals surface area contributed by atoms with Crippen LogP contribution in [-0.2, 0) is 6.54 Å². The Morgan fingerprint density at radius 2 is 1.94 bits per heavy atom. The van der Waals surface area contributed by atoms with Crippen LogP contribution >= 0.6 is 0 Å². The van der Waals surface area contributed by atoms with E-state index in [9.17, 15) is 4.39 Å². The Balaban J connectivity index is 1.95. The van der Waals surface area contributed by atoms with Crippen LogP contribution in [0.2, 0.25) is 0 Å². The normalized spacial score (nSPS) is 17.6. The molecule has 2 rings (SSSR count). The van der Waals surface area contributed by atoms with Crippen LogP contribution in [0.3, 0.4) is 0 Å². The summed E-state index contributed by atoms with van der Waals surface area (Å²) in [6, 6.07) is 6.50. The fraction of sp³-hybridized carbons (Fsp3) is 0.500. The molecule has 2 N–H and O–H groups in total. The fourth-order valence-corrected chi connectivity index (χ4v) is 2.21. The Morgan fingerprint density at radius 1 is 1.22 bits per heavy atom. The van der Waals surface area contributed by atoms with Crippen LogP contribution in [-0.4, -0.2) is 23.9 Å². The minimum Gasteiger partial charge on any atom is -0.370 e. The molecule has 1 heterocycles. The monoisotopic (exact) mass is 249 g/mol. The van der Waals surface area contributed by atoms with E-state index in [2.05, 4.69) is 9.89 Å². The molecule has 0 aromatic heterocycles. The van der Waals surface area contributed by atoms with Gasteiger partial charge in [-0.05, 0) is 30.5 Å². The molecule has 0 spiro atoms. The molecule has 1 saturated heterocycles. The van der Waals surface area contributed by atoms with Gasteiger partial charge in [-0.25, -0.2) is 9.38 Å². The fourth-order valence-electron chi connectivity index (χ4n) is 2.21. The topological polar surface area (TPSA) is 41.6 Å². The van der Waals surface area contributed by atoms with E-state index in [1.807, 2.05) is 6.07 Å². The van der Waals surface area contributed by atoms with Crippen molar-refractivity contribution in [1.29, 1.82) is 0 Å². The lowest BCUT2D eigenvalue weighted by atomic mass is 10.2. The smallest absolute Gasteiger partial charge is 0.191 e. The highest BCUT2D eigenvalue weighted by Gasteiger charge is 2.10. The van der Waals surface area contributed by atoms with Gasteiger partial charge in [0.05, 0.1) is 6.54 Å². The SMILES string of the molecule is NC(=NCc1cccc(F)c1)N1CCCCCC1. The van der Waals surface area contributed by atoms with Crippen molar-refractivity contribution in [2.75, 3.05) is 13.1 Å². The van der Waals surface area contributed by atoms with Crippen LogP contribution in [0.1, 0.15) is 31.2 Å². The lowest BCUT2D eigenvalue weighted by molar-refractivity contribution is 0.428. The van der Waals surface area contributed by atoms with Crippen molar-refractivity contribution in [3.8, 4) is 0 Å². The van der Waals surface area contributed by atoms with E-state index in [4.69, 9.17) is 5.73 Å². The number of rotatable bonds is 2. The van der Waals surface area contributed by atoms with Gasteiger partial charge in [-0.15, -0.1) is 0 Å². The molecular formula is C14H20FN3. The Labute approximate surface area is 108 Å². The molecular weight excluding hydrogens is 229 g/mol. The predicted molar refractivity (Wildman–Crippen MR) is 71.8 cm³/mol. The lowest BCUT2D eigenvalue weighted by Gasteiger charge is -2.21. The lowest BCUT2D eigenvalue weighted by Crippen LogP contribution is -2.38. The number of likely N-dealkylation sites (tertiary alicyclic amines) is 1. The molecule has 4 heteroatoms. The number of nitrogens with zero attached hydrogens (tertiary/aromatic N) is 2. The van der Waals surface area contributed by atoms with Crippen LogP contribution in [0, 0.1) is 5.82 Å². The first-order valence-corrected chi connectivity index (χ1v) is 6.55. The number of benzene rings is 1. The maximum Gasteiger partial charge on any atom is 0.191 e. The molecule has 0 amide bonds. The molecule has 0 aliphatic carbocycles. The number of hydrogen-bond acceptors (Lipinski definition) is 1. The third-order valence-corrected chi connectivity index (χ3v) is 3.24. The van der Waals surface area contributed by atoms with Gasteiger partial charge < -0.3 is 10.6 Å². The molecule has 3 nitrogen and oxygen atoms in total. The van der Waals surface area contributed by atoms with E-state index in [0.717, 1.165) is 18.7 Å². The number of nitrogens with two attached hydrogens (primary N) is 1. The summed E-state index contributed by atoms with van der Waals surface area (Å²) < 4.78 is 13.0. The zero-order valence-corrected chi connectivity index (χ0v) is 10.6. The molecule has 0 bridgehead atoms. The molecule has 0 saturated carbocycles. The molecule has 1 aromatic carbocycles. The van der Waals surface area contributed by atoms with Crippen molar-refractivity contribution in [2.45, 2.75) is 32.2 Å². The van der Waals surface area contributed by atoms with E-state index < -0.39 is 0 Å². The van der Waals surface area contributed by atoms with Crippen molar-refractivity contribution >= 4 is 5.96 Å². The van der Waals surface area contributed by atoms with Crippen molar-refractivity contribution < 1.29 is 4.39 Å². The van der Waals surface area contributed by atoms with Gasteiger partial charge in [-0.1, -0.05) is 25.0 Å². The van der Waals surface area contributed by atoms with Crippen molar-refractivity contribution in [2.24, 2.45) is 10.7 Å². The first-order chi connectivity index (χ1) is 8.75. The molecule has 0 atom stereocenters. The summed E-state index contributed by atoms with van der Waals surface area (Å²) in [5, 5.41) is 0. The molecule has 98 valence electrons. The van der Waals surface area contributed by atoms with Gasteiger partial charge in [0.2, 0.25) is 0 Å².